The van der Waals surface area contributed by atoms with E-state index in [-0.39, 0.29) is 6.10 Å². The zero-order valence-electron chi connectivity index (χ0n) is 13.7. The van der Waals surface area contributed by atoms with Crippen molar-refractivity contribution in [2.45, 2.75) is 53.7 Å². The van der Waals surface area contributed by atoms with E-state index in [1.165, 1.54) is 11.3 Å². The topological polar surface area (TPSA) is 24.5 Å². The second kappa shape index (κ2) is 8.85. The van der Waals surface area contributed by atoms with Gasteiger partial charge < -0.3 is 15.0 Å². The number of anilines is 1. The third-order valence-electron chi connectivity index (χ3n) is 3.25. The molecule has 0 aliphatic carbocycles. The maximum absolute atomic E-state index is 6.01. The van der Waals surface area contributed by atoms with Crippen LogP contribution in [-0.2, 0) is 6.54 Å². The molecule has 0 aliphatic heterocycles. The molecular formula is C17H30N2O. The van der Waals surface area contributed by atoms with Crippen LogP contribution in [-0.4, -0.2) is 25.7 Å². The lowest BCUT2D eigenvalue weighted by Crippen LogP contribution is -2.23. The van der Waals surface area contributed by atoms with Crippen LogP contribution >= 0.6 is 0 Å². The number of hydrogen-bond acceptors (Lipinski definition) is 3. The van der Waals surface area contributed by atoms with E-state index in [1.54, 1.807) is 0 Å². The van der Waals surface area contributed by atoms with Crippen molar-refractivity contribution in [2.24, 2.45) is 0 Å². The Morgan fingerprint density at radius 2 is 1.85 bits per heavy atom. The van der Waals surface area contributed by atoms with Crippen molar-refractivity contribution in [1.29, 1.82) is 0 Å². The maximum Gasteiger partial charge on any atom is 0.143 e. The molecule has 0 bridgehead atoms. The molecule has 1 aromatic carbocycles. The monoisotopic (exact) mass is 278 g/mol. The zero-order valence-corrected chi connectivity index (χ0v) is 13.7. The molecule has 0 amide bonds. The molecule has 114 valence electrons. The Hall–Kier alpha value is -1.22. The molecule has 3 nitrogen and oxygen atoms in total. The lowest BCUT2D eigenvalue weighted by atomic mass is 10.1. The number of hydrogen-bond donors (Lipinski definition) is 1. The van der Waals surface area contributed by atoms with Gasteiger partial charge in [-0.1, -0.05) is 13.0 Å². The van der Waals surface area contributed by atoms with Crippen molar-refractivity contribution in [3.05, 3.63) is 23.8 Å². The van der Waals surface area contributed by atoms with E-state index in [9.17, 15) is 0 Å². The summed E-state index contributed by atoms with van der Waals surface area (Å²) < 4.78 is 6.01. The Morgan fingerprint density at radius 3 is 2.40 bits per heavy atom. The van der Waals surface area contributed by atoms with Crippen molar-refractivity contribution in [3.8, 4) is 5.75 Å². The molecule has 1 aromatic rings. The smallest absolute Gasteiger partial charge is 0.143 e. The first kappa shape index (κ1) is 16.8. The number of rotatable bonds is 9. The molecule has 0 aliphatic rings. The van der Waals surface area contributed by atoms with Gasteiger partial charge in [0.25, 0.3) is 0 Å². The standard InChI is InChI=1S/C17H30N2O/c1-6-11-18-13-15-9-10-16(19(7-2)8-3)17(12-15)20-14(4)5/h9-10,12,14,18H,6-8,11,13H2,1-5H3. The molecular weight excluding hydrogens is 248 g/mol. The van der Waals surface area contributed by atoms with Crippen molar-refractivity contribution in [3.63, 3.8) is 0 Å². The lowest BCUT2D eigenvalue weighted by Gasteiger charge is -2.25. The first-order chi connectivity index (χ1) is 9.62. The summed E-state index contributed by atoms with van der Waals surface area (Å²) in [5.74, 6) is 1.000. The van der Waals surface area contributed by atoms with Gasteiger partial charge in [0.05, 0.1) is 11.8 Å². The van der Waals surface area contributed by atoms with E-state index in [0.717, 1.165) is 38.3 Å². The lowest BCUT2D eigenvalue weighted by molar-refractivity contribution is 0.242. The SMILES string of the molecule is CCCNCc1ccc(N(CC)CC)c(OC(C)C)c1. The minimum absolute atomic E-state index is 0.197. The van der Waals surface area contributed by atoms with E-state index >= 15 is 0 Å². The van der Waals surface area contributed by atoms with Gasteiger partial charge in [-0.25, -0.2) is 0 Å². The molecule has 0 saturated heterocycles. The predicted octanol–water partition coefficient (Wildman–Crippen LogP) is 3.82. The Morgan fingerprint density at radius 1 is 1.15 bits per heavy atom. The summed E-state index contributed by atoms with van der Waals surface area (Å²) in [5.41, 5.74) is 2.48. The molecule has 0 atom stereocenters. The van der Waals surface area contributed by atoms with Crippen molar-refractivity contribution >= 4 is 5.69 Å². The Bertz CT molecular complexity index is 387. The normalized spacial score (nSPS) is 10.9. The zero-order chi connectivity index (χ0) is 15.0. The van der Waals surface area contributed by atoms with Crippen LogP contribution in [0.3, 0.4) is 0 Å². The minimum Gasteiger partial charge on any atom is -0.489 e. The molecule has 0 radical (unpaired) electrons. The first-order valence-electron chi connectivity index (χ1n) is 7.87. The summed E-state index contributed by atoms with van der Waals surface area (Å²) in [5, 5.41) is 3.44. The van der Waals surface area contributed by atoms with E-state index in [1.807, 2.05) is 0 Å². The van der Waals surface area contributed by atoms with Crippen LogP contribution in [0.4, 0.5) is 5.69 Å². The Balaban J connectivity index is 2.93. The van der Waals surface area contributed by atoms with Crippen molar-refractivity contribution in [2.75, 3.05) is 24.5 Å². The molecule has 20 heavy (non-hydrogen) atoms. The van der Waals surface area contributed by atoms with Crippen molar-refractivity contribution < 1.29 is 4.74 Å². The highest BCUT2D eigenvalue weighted by Gasteiger charge is 2.11. The molecule has 0 heterocycles. The quantitative estimate of drug-likeness (QED) is 0.695. The molecule has 0 fully saturated rings. The van der Waals surface area contributed by atoms with Gasteiger partial charge in [-0.3, -0.25) is 0 Å². The summed E-state index contributed by atoms with van der Waals surface area (Å²) in [4.78, 5) is 2.33. The first-order valence-corrected chi connectivity index (χ1v) is 7.87. The van der Waals surface area contributed by atoms with Crippen LogP contribution < -0.4 is 15.0 Å². The highest BCUT2D eigenvalue weighted by atomic mass is 16.5. The molecule has 3 heteroatoms. The van der Waals surface area contributed by atoms with E-state index < -0.39 is 0 Å². The van der Waals surface area contributed by atoms with Crippen LogP contribution in [0.2, 0.25) is 0 Å². The van der Waals surface area contributed by atoms with E-state index in [2.05, 4.69) is 63.0 Å². The van der Waals surface area contributed by atoms with Gasteiger partial charge in [-0.15, -0.1) is 0 Å². The largest absolute Gasteiger partial charge is 0.489 e. The Kier molecular flexibility index (Phi) is 7.45. The fraction of sp³-hybridized carbons (Fsp3) is 0.647. The van der Waals surface area contributed by atoms with Crippen molar-refractivity contribution in [1.82, 2.24) is 5.32 Å². The molecule has 1 rings (SSSR count). The summed E-state index contributed by atoms with van der Waals surface area (Å²) >= 11 is 0. The molecule has 1 N–H and O–H groups in total. The van der Waals surface area contributed by atoms with Crippen LogP contribution in [0.1, 0.15) is 46.6 Å². The predicted molar refractivity (Wildman–Crippen MR) is 87.8 cm³/mol. The minimum atomic E-state index is 0.197. The van der Waals surface area contributed by atoms with Crippen LogP contribution in [0.5, 0.6) is 5.75 Å². The maximum atomic E-state index is 6.01. The summed E-state index contributed by atoms with van der Waals surface area (Å²) in [7, 11) is 0. The second-order valence-electron chi connectivity index (χ2n) is 5.32. The Labute approximate surface area is 124 Å². The highest BCUT2D eigenvalue weighted by Crippen LogP contribution is 2.30. The number of nitrogens with zero attached hydrogens (tertiary/aromatic N) is 1. The fourth-order valence-electron chi connectivity index (χ4n) is 2.25. The van der Waals surface area contributed by atoms with Gasteiger partial charge in [0.2, 0.25) is 0 Å². The third-order valence-corrected chi connectivity index (χ3v) is 3.25. The molecule has 0 spiro atoms. The fourth-order valence-corrected chi connectivity index (χ4v) is 2.25. The van der Waals surface area contributed by atoms with Gasteiger partial charge in [0, 0.05) is 19.6 Å². The molecule has 0 saturated carbocycles. The van der Waals surface area contributed by atoms with Gasteiger partial charge in [0.1, 0.15) is 5.75 Å². The highest BCUT2D eigenvalue weighted by molar-refractivity contribution is 5.59. The van der Waals surface area contributed by atoms with Crippen LogP contribution in [0.25, 0.3) is 0 Å². The number of nitrogens with one attached hydrogen (secondary N) is 1. The van der Waals surface area contributed by atoms with Crippen LogP contribution in [0.15, 0.2) is 18.2 Å². The van der Waals surface area contributed by atoms with Gasteiger partial charge in [-0.05, 0) is 58.4 Å². The third kappa shape index (κ3) is 5.04. The summed E-state index contributed by atoms with van der Waals surface area (Å²) in [6.45, 7) is 14.7. The molecule has 0 aromatic heterocycles. The molecule has 0 unspecified atom stereocenters. The van der Waals surface area contributed by atoms with E-state index in [0.29, 0.717) is 0 Å². The second-order valence-corrected chi connectivity index (χ2v) is 5.32. The van der Waals surface area contributed by atoms with E-state index in [4.69, 9.17) is 4.74 Å². The van der Waals surface area contributed by atoms with Gasteiger partial charge in [0.15, 0.2) is 0 Å². The summed E-state index contributed by atoms with van der Waals surface area (Å²) in [6.07, 6.45) is 1.36. The average Bonchev–Trinajstić information content (AvgIpc) is 2.42. The number of ether oxygens (including phenoxy) is 1. The van der Waals surface area contributed by atoms with Crippen LogP contribution in [0, 0.1) is 0 Å². The summed E-state index contributed by atoms with van der Waals surface area (Å²) in [6, 6.07) is 6.56. The van der Waals surface area contributed by atoms with Gasteiger partial charge in [-0.2, -0.15) is 0 Å². The van der Waals surface area contributed by atoms with Gasteiger partial charge >= 0.3 is 0 Å². The number of benzene rings is 1. The average molecular weight is 278 g/mol.